The molecule has 128 valence electrons. The van der Waals surface area contributed by atoms with E-state index in [-0.39, 0.29) is 33.1 Å². The molecule has 0 spiro atoms. The van der Waals surface area contributed by atoms with Gasteiger partial charge in [-0.25, -0.2) is 8.42 Å². The van der Waals surface area contributed by atoms with Crippen LogP contribution in [0.4, 0.5) is 0 Å². The van der Waals surface area contributed by atoms with E-state index in [9.17, 15) is 8.42 Å². The number of halogens is 2. The lowest BCUT2D eigenvalue weighted by atomic mass is 10.0. The van der Waals surface area contributed by atoms with Crippen molar-refractivity contribution in [2.75, 3.05) is 0 Å². The molecule has 2 fully saturated rings. The van der Waals surface area contributed by atoms with Crippen molar-refractivity contribution in [3.05, 3.63) is 40.6 Å². The Balaban J connectivity index is 1.68. The monoisotopic (exact) mass is 386 g/mol. The van der Waals surface area contributed by atoms with Gasteiger partial charge in [0.15, 0.2) is 0 Å². The molecule has 0 saturated carbocycles. The highest BCUT2D eigenvalue weighted by atomic mass is 35.5. The summed E-state index contributed by atoms with van der Waals surface area (Å²) in [5, 5.41) is 8.74. The van der Waals surface area contributed by atoms with Crippen LogP contribution in [0.1, 0.15) is 31.7 Å². The van der Waals surface area contributed by atoms with Crippen LogP contribution in [-0.2, 0) is 10.0 Å². The number of aromatic nitrogens is 3. The van der Waals surface area contributed by atoms with Crippen molar-refractivity contribution >= 4 is 33.2 Å². The van der Waals surface area contributed by atoms with E-state index < -0.39 is 10.0 Å². The van der Waals surface area contributed by atoms with E-state index in [1.807, 2.05) is 0 Å². The third kappa shape index (κ3) is 2.54. The largest absolute Gasteiger partial charge is 0.246 e. The van der Waals surface area contributed by atoms with E-state index >= 15 is 0 Å². The van der Waals surface area contributed by atoms with Gasteiger partial charge in [-0.1, -0.05) is 29.3 Å². The molecule has 1 aromatic carbocycles. The number of rotatable bonds is 3. The van der Waals surface area contributed by atoms with Crippen molar-refractivity contribution in [2.45, 2.75) is 48.7 Å². The number of piperidine rings is 1. The SMILES string of the molecule is O=S(=O)(c1c(Cl)cccc1Cl)N1C2CCC1CC(n1nccn1)C2. The molecule has 2 aromatic rings. The first-order valence-corrected chi connectivity index (χ1v) is 10.0. The van der Waals surface area contributed by atoms with Crippen molar-refractivity contribution in [2.24, 2.45) is 0 Å². The standard InChI is InChI=1S/C15H16Cl2N4O2S/c16-13-2-1-3-14(17)15(13)24(22,23)20-10-4-5-11(20)9-12(8-10)21-18-6-7-19-21/h1-3,6-7,10-12H,4-5,8-9H2. The normalized spacial score (nSPS) is 27.5. The maximum absolute atomic E-state index is 13.2. The lowest BCUT2D eigenvalue weighted by Crippen LogP contribution is -2.47. The predicted molar refractivity (Wildman–Crippen MR) is 90.6 cm³/mol. The number of sulfonamides is 1. The summed E-state index contributed by atoms with van der Waals surface area (Å²) < 4.78 is 28.0. The van der Waals surface area contributed by atoms with E-state index in [1.165, 1.54) is 0 Å². The summed E-state index contributed by atoms with van der Waals surface area (Å²) in [6.45, 7) is 0. The quantitative estimate of drug-likeness (QED) is 0.812. The molecule has 2 bridgehead atoms. The molecule has 2 aliphatic rings. The van der Waals surface area contributed by atoms with Crippen molar-refractivity contribution in [3.8, 4) is 0 Å². The van der Waals surface area contributed by atoms with Crippen molar-refractivity contribution < 1.29 is 8.42 Å². The van der Waals surface area contributed by atoms with E-state index in [2.05, 4.69) is 10.2 Å². The van der Waals surface area contributed by atoms with Crippen LogP contribution in [0, 0.1) is 0 Å². The van der Waals surface area contributed by atoms with Crippen LogP contribution in [0.15, 0.2) is 35.5 Å². The molecule has 24 heavy (non-hydrogen) atoms. The lowest BCUT2D eigenvalue weighted by Gasteiger charge is -2.37. The Hall–Kier alpha value is -1.15. The molecule has 3 heterocycles. The predicted octanol–water partition coefficient (Wildman–Crippen LogP) is 3.14. The van der Waals surface area contributed by atoms with Crippen molar-refractivity contribution in [1.82, 2.24) is 19.3 Å². The van der Waals surface area contributed by atoms with Crippen molar-refractivity contribution in [3.63, 3.8) is 0 Å². The second-order valence-electron chi connectivity index (χ2n) is 6.25. The van der Waals surface area contributed by atoms with Gasteiger partial charge >= 0.3 is 0 Å². The maximum atomic E-state index is 13.2. The molecule has 9 heteroatoms. The Labute approximate surface area is 150 Å². The number of fused-ring (bicyclic) bond motifs is 2. The molecular formula is C15H16Cl2N4O2S. The number of hydrogen-bond donors (Lipinski definition) is 0. The number of hydrogen-bond acceptors (Lipinski definition) is 4. The van der Waals surface area contributed by atoms with Crippen LogP contribution >= 0.6 is 23.2 Å². The molecule has 2 saturated heterocycles. The zero-order chi connectivity index (χ0) is 16.9. The summed E-state index contributed by atoms with van der Waals surface area (Å²) in [5.74, 6) is 0. The van der Waals surface area contributed by atoms with Gasteiger partial charge in [0.05, 0.1) is 28.5 Å². The molecule has 2 aliphatic heterocycles. The highest BCUT2D eigenvalue weighted by molar-refractivity contribution is 7.89. The molecule has 0 N–H and O–H groups in total. The van der Waals surface area contributed by atoms with Gasteiger partial charge in [-0.3, -0.25) is 0 Å². The Bertz CT molecular complexity index is 822. The Morgan fingerprint density at radius 2 is 1.50 bits per heavy atom. The Morgan fingerprint density at radius 1 is 0.958 bits per heavy atom. The van der Waals surface area contributed by atoms with Crippen LogP contribution in [-0.4, -0.2) is 39.8 Å². The fourth-order valence-corrected chi connectivity index (χ4v) is 6.93. The van der Waals surface area contributed by atoms with Gasteiger partial charge in [-0.05, 0) is 37.8 Å². The summed E-state index contributed by atoms with van der Waals surface area (Å²) in [5.41, 5.74) is 0. The van der Waals surface area contributed by atoms with Gasteiger partial charge in [0, 0.05) is 12.1 Å². The van der Waals surface area contributed by atoms with Crippen LogP contribution in [0.5, 0.6) is 0 Å². The first kappa shape index (κ1) is 16.3. The smallest absolute Gasteiger partial charge is 0.207 e. The lowest BCUT2D eigenvalue weighted by molar-refractivity contribution is 0.174. The molecule has 0 radical (unpaired) electrons. The van der Waals surface area contributed by atoms with Gasteiger partial charge < -0.3 is 0 Å². The fourth-order valence-electron chi connectivity index (χ4n) is 3.94. The second kappa shape index (κ2) is 5.98. The molecule has 1 aromatic heterocycles. The van der Waals surface area contributed by atoms with Gasteiger partial charge in [-0.15, -0.1) is 0 Å². The summed E-state index contributed by atoms with van der Waals surface area (Å²) >= 11 is 12.3. The summed E-state index contributed by atoms with van der Waals surface area (Å²) in [6.07, 6.45) is 6.37. The average molecular weight is 387 g/mol. The molecular weight excluding hydrogens is 371 g/mol. The van der Waals surface area contributed by atoms with E-state index in [0.717, 1.165) is 12.8 Å². The Morgan fingerprint density at radius 3 is 2.04 bits per heavy atom. The molecule has 2 unspecified atom stereocenters. The second-order valence-corrected chi connectivity index (χ2v) is 8.84. The highest BCUT2D eigenvalue weighted by Gasteiger charge is 2.48. The minimum absolute atomic E-state index is 0.0147. The summed E-state index contributed by atoms with van der Waals surface area (Å²) in [7, 11) is -3.73. The minimum atomic E-state index is -3.73. The fraction of sp³-hybridized carbons (Fsp3) is 0.467. The summed E-state index contributed by atoms with van der Waals surface area (Å²) in [4.78, 5) is 1.71. The van der Waals surface area contributed by atoms with Crippen LogP contribution < -0.4 is 0 Å². The highest BCUT2D eigenvalue weighted by Crippen LogP contribution is 2.45. The molecule has 2 atom stereocenters. The molecule has 0 aliphatic carbocycles. The van der Waals surface area contributed by atoms with E-state index in [1.54, 1.807) is 39.7 Å². The Kier molecular flexibility index (Phi) is 4.07. The summed E-state index contributed by atoms with van der Waals surface area (Å²) in [6, 6.07) is 4.75. The average Bonchev–Trinajstić information content (AvgIpc) is 3.14. The van der Waals surface area contributed by atoms with E-state index in [0.29, 0.717) is 12.8 Å². The van der Waals surface area contributed by atoms with E-state index in [4.69, 9.17) is 23.2 Å². The van der Waals surface area contributed by atoms with Gasteiger partial charge in [0.25, 0.3) is 0 Å². The first-order valence-electron chi connectivity index (χ1n) is 7.82. The maximum Gasteiger partial charge on any atom is 0.246 e. The van der Waals surface area contributed by atoms with Gasteiger partial charge in [0.2, 0.25) is 10.0 Å². The first-order chi connectivity index (χ1) is 11.5. The van der Waals surface area contributed by atoms with Gasteiger partial charge in [-0.2, -0.15) is 19.3 Å². The molecule has 4 rings (SSSR count). The zero-order valence-electron chi connectivity index (χ0n) is 12.7. The van der Waals surface area contributed by atoms with Crippen LogP contribution in [0.25, 0.3) is 0 Å². The van der Waals surface area contributed by atoms with Crippen LogP contribution in [0.2, 0.25) is 10.0 Å². The number of benzene rings is 1. The van der Waals surface area contributed by atoms with Crippen molar-refractivity contribution in [1.29, 1.82) is 0 Å². The number of nitrogens with zero attached hydrogens (tertiary/aromatic N) is 4. The molecule has 6 nitrogen and oxygen atoms in total. The third-order valence-corrected chi connectivity index (χ3v) is 7.82. The van der Waals surface area contributed by atoms with Crippen LogP contribution in [0.3, 0.4) is 0 Å². The molecule has 0 amide bonds. The topological polar surface area (TPSA) is 68.1 Å². The van der Waals surface area contributed by atoms with Gasteiger partial charge in [0.1, 0.15) is 4.90 Å². The third-order valence-electron chi connectivity index (χ3n) is 4.86. The zero-order valence-corrected chi connectivity index (χ0v) is 15.0. The minimum Gasteiger partial charge on any atom is -0.207 e.